The van der Waals surface area contributed by atoms with E-state index in [1.165, 1.54) is 18.2 Å². The van der Waals surface area contributed by atoms with Crippen LogP contribution in [0.3, 0.4) is 0 Å². The van der Waals surface area contributed by atoms with E-state index >= 15 is 0 Å². The van der Waals surface area contributed by atoms with E-state index in [-0.39, 0.29) is 6.54 Å². The van der Waals surface area contributed by atoms with Gasteiger partial charge in [0.05, 0.1) is 0 Å². The number of halogens is 1. The monoisotopic (exact) mass is 335 g/mol. The molecular weight excluding hydrogens is 313 g/mol. The predicted molar refractivity (Wildman–Crippen MR) is 87.9 cm³/mol. The first-order valence-corrected chi connectivity index (χ1v) is 7.97. The minimum absolute atomic E-state index is 0.372. The topological polar surface area (TPSA) is 78.5 Å². The first kappa shape index (κ1) is 17.9. The molecule has 24 heavy (non-hydrogen) atoms. The van der Waals surface area contributed by atoms with Gasteiger partial charge in [-0.3, -0.25) is 14.5 Å². The van der Waals surface area contributed by atoms with Crippen LogP contribution in [0.15, 0.2) is 18.2 Å². The van der Waals surface area contributed by atoms with E-state index in [4.69, 9.17) is 0 Å². The van der Waals surface area contributed by atoms with Crippen LogP contribution >= 0.6 is 0 Å². The summed E-state index contributed by atoms with van der Waals surface area (Å²) < 4.78 is 13.1. The lowest BCUT2D eigenvalue weighted by atomic mass is 9.95. The lowest BCUT2D eigenvalue weighted by Crippen LogP contribution is -2.44. The van der Waals surface area contributed by atoms with Crippen LogP contribution in [0, 0.1) is 12.7 Å². The van der Waals surface area contributed by atoms with E-state index in [0.717, 1.165) is 17.7 Å². The van der Waals surface area contributed by atoms with E-state index in [0.29, 0.717) is 17.7 Å². The number of rotatable bonds is 6. The van der Waals surface area contributed by atoms with Crippen LogP contribution in [0.1, 0.15) is 38.7 Å². The molecule has 2 N–H and O–H groups in total. The molecule has 1 aromatic carbocycles. The number of benzene rings is 1. The molecular formula is C17H22FN3O3. The Morgan fingerprint density at radius 2 is 2.08 bits per heavy atom. The fraction of sp³-hybridized carbons (Fsp3) is 0.471. The molecule has 1 heterocycles. The molecule has 4 amide bonds. The molecule has 7 heteroatoms. The summed E-state index contributed by atoms with van der Waals surface area (Å²) in [6.45, 7) is 4.96. The molecule has 1 saturated heterocycles. The fourth-order valence-electron chi connectivity index (χ4n) is 2.69. The summed E-state index contributed by atoms with van der Waals surface area (Å²) in [6, 6.07) is 3.41. The van der Waals surface area contributed by atoms with Crippen molar-refractivity contribution in [1.82, 2.24) is 10.2 Å². The second-order valence-corrected chi connectivity index (χ2v) is 6.26. The Morgan fingerprint density at radius 3 is 2.71 bits per heavy atom. The first-order valence-electron chi connectivity index (χ1n) is 7.97. The summed E-state index contributed by atoms with van der Waals surface area (Å²) in [6.07, 6.45) is 2.24. The molecule has 0 spiro atoms. The number of aryl methyl sites for hydroxylation is 1. The Balaban J connectivity index is 2.03. The number of imide groups is 1. The molecule has 1 atom stereocenters. The maximum Gasteiger partial charge on any atom is 0.325 e. The van der Waals surface area contributed by atoms with Crippen LogP contribution in [0.4, 0.5) is 14.9 Å². The highest BCUT2D eigenvalue weighted by atomic mass is 19.1. The van der Waals surface area contributed by atoms with Crippen molar-refractivity contribution in [3.63, 3.8) is 0 Å². The van der Waals surface area contributed by atoms with Crippen molar-refractivity contribution in [2.24, 2.45) is 0 Å². The number of nitrogens with one attached hydrogen (secondary N) is 2. The third kappa shape index (κ3) is 3.72. The Kier molecular flexibility index (Phi) is 5.21. The summed E-state index contributed by atoms with van der Waals surface area (Å²) in [4.78, 5) is 37.5. The van der Waals surface area contributed by atoms with Gasteiger partial charge in [-0.05, 0) is 44.0 Å². The van der Waals surface area contributed by atoms with Gasteiger partial charge in [0.25, 0.3) is 5.91 Å². The molecule has 1 aromatic rings. The van der Waals surface area contributed by atoms with E-state index < -0.39 is 29.2 Å². The molecule has 2 rings (SSSR count). The second-order valence-electron chi connectivity index (χ2n) is 6.26. The van der Waals surface area contributed by atoms with E-state index in [1.54, 1.807) is 13.8 Å². The normalized spacial score (nSPS) is 20.2. The van der Waals surface area contributed by atoms with Crippen LogP contribution < -0.4 is 10.6 Å². The van der Waals surface area contributed by atoms with Crippen LogP contribution in [-0.4, -0.2) is 34.8 Å². The average molecular weight is 335 g/mol. The van der Waals surface area contributed by atoms with Crippen molar-refractivity contribution in [3.05, 3.63) is 29.6 Å². The van der Waals surface area contributed by atoms with Crippen molar-refractivity contribution in [1.29, 1.82) is 0 Å². The van der Waals surface area contributed by atoms with Crippen LogP contribution in [-0.2, 0) is 9.59 Å². The molecule has 0 saturated carbocycles. The van der Waals surface area contributed by atoms with Crippen LogP contribution in [0.25, 0.3) is 0 Å². The lowest BCUT2D eigenvalue weighted by molar-refractivity contribution is -0.133. The molecule has 0 aliphatic carbocycles. The maximum atomic E-state index is 13.1. The van der Waals surface area contributed by atoms with Gasteiger partial charge in [-0.2, -0.15) is 0 Å². The molecule has 1 aliphatic rings. The van der Waals surface area contributed by atoms with Crippen molar-refractivity contribution in [3.8, 4) is 0 Å². The van der Waals surface area contributed by atoms with Crippen molar-refractivity contribution < 1.29 is 18.8 Å². The number of urea groups is 1. The van der Waals surface area contributed by atoms with Crippen LogP contribution in [0.5, 0.6) is 0 Å². The van der Waals surface area contributed by atoms with E-state index in [2.05, 4.69) is 10.6 Å². The van der Waals surface area contributed by atoms with Gasteiger partial charge >= 0.3 is 6.03 Å². The standard InChI is InChI=1S/C17H22FN3O3/c1-4-5-8-17(3)15(23)21(16(24)20-17)10-14(22)19-13-7-6-12(18)9-11(13)2/h6-7,9H,4-5,8,10H2,1-3H3,(H,19,22)(H,20,24)/t17-/m1/s1. The third-order valence-corrected chi connectivity index (χ3v) is 4.14. The zero-order chi connectivity index (χ0) is 17.9. The van der Waals surface area contributed by atoms with Gasteiger partial charge in [-0.25, -0.2) is 9.18 Å². The van der Waals surface area contributed by atoms with Crippen molar-refractivity contribution in [2.75, 3.05) is 11.9 Å². The van der Waals surface area contributed by atoms with E-state index in [9.17, 15) is 18.8 Å². The molecule has 0 unspecified atom stereocenters. The van der Waals surface area contributed by atoms with Gasteiger partial charge in [0.2, 0.25) is 5.91 Å². The third-order valence-electron chi connectivity index (χ3n) is 4.14. The quantitative estimate of drug-likeness (QED) is 0.784. The molecule has 6 nitrogen and oxygen atoms in total. The Bertz CT molecular complexity index is 677. The van der Waals surface area contributed by atoms with Gasteiger partial charge in [0.1, 0.15) is 17.9 Å². The number of hydrogen-bond acceptors (Lipinski definition) is 3. The number of carbonyl (C=O) groups is 3. The van der Waals surface area contributed by atoms with Gasteiger partial charge in [-0.1, -0.05) is 19.8 Å². The summed E-state index contributed by atoms with van der Waals surface area (Å²) >= 11 is 0. The molecule has 0 aromatic heterocycles. The first-order chi connectivity index (χ1) is 11.3. The number of carbonyl (C=O) groups excluding carboxylic acids is 3. The van der Waals surface area contributed by atoms with Gasteiger partial charge in [0.15, 0.2) is 0 Å². The van der Waals surface area contributed by atoms with Crippen molar-refractivity contribution in [2.45, 2.75) is 45.6 Å². The Labute approximate surface area is 140 Å². The van der Waals surface area contributed by atoms with E-state index in [1.807, 2.05) is 6.92 Å². The predicted octanol–water partition coefficient (Wildman–Crippen LogP) is 2.57. The number of anilines is 1. The SMILES string of the molecule is CCCC[C@@]1(C)NC(=O)N(CC(=O)Nc2ccc(F)cc2C)C1=O. The highest BCUT2D eigenvalue weighted by Crippen LogP contribution is 2.23. The smallest absolute Gasteiger partial charge is 0.324 e. The molecule has 1 fully saturated rings. The van der Waals surface area contributed by atoms with Crippen molar-refractivity contribution >= 4 is 23.5 Å². The zero-order valence-corrected chi connectivity index (χ0v) is 14.1. The second kappa shape index (κ2) is 6.98. The lowest BCUT2D eigenvalue weighted by Gasteiger charge is -2.21. The molecule has 0 radical (unpaired) electrons. The number of nitrogens with zero attached hydrogens (tertiary/aromatic N) is 1. The highest BCUT2D eigenvalue weighted by Gasteiger charge is 2.47. The minimum Gasteiger partial charge on any atom is -0.324 e. The fourth-order valence-corrected chi connectivity index (χ4v) is 2.69. The Morgan fingerprint density at radius 1 is 1.38 bits per heavy atom. The largest absolute Gasteiger partial charge is 0.325 e. The summed E-state index contributed by atoms with van der Waals surface area (Å²) in [5.74, 6) is -1.30. The van der Waals surface area contributed by atoms with Gasteiger partial charge in [-0.15, -0.1) is 0 Å². The summed E-state index contributed by atoms with van der Waals surface area (Å²) in [5.41, 5.74) is 0.0506. The van der Waals surface area contributed by atoms with Crippen LogP contribution in [0.2, 0.25) is 0 Å². The number of amides is 4. The molecule has 1 aliphatic heterocycles. The number of hydrogen-bond donors (Lipinski definition) is 2. The summed E-state index contributed by atoms with van der Waals surface area (Å²) in [5, 5.41) is 5.26. The maximum absolute atomic E-state index is 13.1. The zero-order valence-electron chi connectivity index (χ0n) is 14.1. The summed E-state index contributed by atoms with van der Waals surface area (Å²) in [7, 11) is 0. The van der Waals surface area contributed by atoms with Gasteiger partial charge < -0.3 is 10.6 Å². The average Bonchev–Trinajstić information content (AvgIpc) is 2.72. The highest BCUT2D eigenvalue weighted by molar-refractivity contribution is 6.09. The minimum atomic E-state index is -0.959. The molecule has 0 bridgehead atoms. The van der Waals surface area contributed by atoms with Gasteiger partial charge in [0, 0.05) is 5.69 Å². The molecule has 130 valence electrons. The number of unbranched alkanes of at least 4 members (excludes halogenated alkanes) is 1. The Hall–Kier alpha value is -2.44.